The van der Waals surface area contributed by atoms with E-state index in [4.69, 9.17) is 18.9 Å². The summed E-state index contributed by atoms with van der Waals surface area (Å²) in [5.41, 5.74) is 1.78. The van der Waals surface area contributed by atoms with E-state index in [0.717, 1.165) is 48.6 Å². The number of likely N-dealkylation sites (tertiary alicyclic amines) is 1. The maximum Gasteiger partial charge on any atom is 0.231 e. The Morgan fingerprint density at radius 3 is 2.38 bits per heavy atom. The third-order valence-electron chi connectivity index (χ3n) is 5.06. The van der Waals surface area contributed by atoms with Gasteiger partial charge in [-0.2, -0.15) is 0 Å². The van der Waals surface area contributed by atoms with Crippen LogP contribution in [0.4, 0.5) is 0 Å². The maximum absolute atomic E-state index is 10.7. The number of rotatable bonds is 5. The summed E-state index contributed by atoms with van der Waals surface area (Å²) in [6.45, 7) is 2.11. The highest BCUT2D eigenvalue weighted by Gasteiger charge is 2.31. The monoisotopic (exact) mass is 357 g/mol. The van der Waals surface area contributed by atoms with Gasteiger partial charge in [0.15, 0.2) is 11.5 Å². The highest BCUT2D eigenvalue weighted by atomic mass is 16.7. The van der Waals surface area contributed by atoms with E-state index in [0.29, 0.717) is 11.5 Å². The Bertz CT molecular complexity index is 801. The molecule has 0 aliphatic carbocycles. The third-order valence-corrected chi connectivity index (χ3v) is 5.06. The molecule has 0 aromatic heterocycles. The molecule has 0 radical (unpaired) electrons. The summed E-state index contributed by atoms with van der Waals surface area (Å²) in [5.74, 6) is 2.91. The Kier molecular flexibility index (Phi) is 4.51. The number of aromatic hydroxyl groups is 1. The van der Waals surface area contributed by atoms with Crippen molar-refractivity contribution in [3.63, 3.8) is 0 Å². The van der Waals surface area contributed by atoms with Crippen molar-refractivity contribution in [1.29, 1.82) is 0 Å². The largest absolute Gasteiger partial charge is 0.507 e. The molecular weight excluding hydrogens is 334 g/mol. The zero-order valence-electron chi connectivity index (χ0n) is 15.0. The van der Waals surface area contributed by atoms with Crippen LogP contribution in [0.15, 0.2) is 30.3 Å². The number of phenolic OH excluding ortho intramolecular Hbond substituents is 1. The van der Waals surface area contributed by atoms with Crippen LogP contribution < -0.4 is 18.9 Å². The van der Waals surface area contributed by atoms with Crippen molar-refractivity contribution in [1.82, 2.24) is 4.90 Å². The van der Waals surface area contributed by atoms with Crippen molar-refractivity contribution >= 4 is 0 Å². The molecule has 4 rings (SSSR count). The summed E-state index contributed by atoms with van der Waals surface area (Å²) >= 11 is 0. The number of benzene rings is 2. The Labute approximate surface area is 152 Å². The molecule has 2 aromatic rings. The minimum Gasteiger partial charge on any atom is -0.507 e. The molecule has 6 nitrogen and oxygen atoms in total. The van der Waals surface area contributed by atoms with Crippen molar-refractivity contribution in [2.24, 2.45) is 0 Å². The van der Waals surface area contributed by atoms with Gasteiger partial charge in [-0.15, -0.1) is 0 Å². The molecule has 138 valence electrons. The first-order chi connectivity index (χ1) is 12.7. The van der Waals surface area contributed by atoms with E-state index < -0.39 is 0 Å². The van der Waals surface area contributed by atoms with Crippen molar-refractivity contribution in [3.05, 3.63) is 41.5 Å². The van der Waals surface area contributed by atoms with Gasteiger partial charge in [0.2, 0.25) is 6.79 Å². The van der Waals surface area contributed by atoms with Gasteiger partial charge in [0.25, 0.3) is 0 Å². The summed E-state index contributed by atoms with van der Waals surface area (Å²) in [6.07, 6.45) is 2.28. The number of hydrogen-bond donors (Lipinski definition) is 1. The molecule has 2 aliphatic heterocycles. The predicted molar refractivity (Wildman–Crippen MR) is 96.4 cm³/mol. The molecule has 0 bridgehead atoms. The van der Waals surface area contributed by atoms with Crippen LogP contribution in [-0.4, -0.2) is 44.1 Å². The highest BCUT2D eigenvalue weighted by Crippen LogP contribution is 2.46. The van der Waals surface area contributed by atoms with E-state index in [1.165, 1.54) is 0 Å². The van der Waals surface area contributed by atoms with Gasteiger partial charge in [-0.25, -0.2) is 0 Å². The molecule has 0 unspecified atom stereocenters. The van der Waals surface area contributed by atoms with Gasteiger partial charge in [-0.3, -0.25) is 4.90 Å². The molecule has 6 heteroatoms. The first-order valence-corrected chi connectivity index (χ1v) is 8.79. The van der Waals surface area contributed by atoms with E-state index in [9.17, 15) is 5.11 Å². The topological polar surface area (TPSA) is 60.4 Å². The molecule has 2 aliphatic rings. The fourth-order valence-corrected chi connectivity index (χ4v) is 3.77. The SMILES string of the molecule is COc1ccc([C@H](c2cc3c(cc2O)OCO3)N2CCCC2)c(OC)c1. The Morgan fingerprint density at radius 1 is 0.962 bits per heavy atom. The highest BCUT2D eigenvalue weighted by molar-refractivity contribution is 5.56. The molecule has 1 atom stereocenters. The van der Waals surface area contributed by atoms with Crippen LogP contribution >= 0.6 is 0 Å². The Morgan fingerprint density at radius 2 is 1.69 bits per heavy atom. The Balaban J connectivity index is 1.84. The number of phenols is 1. The standard InChI is InChI=1S/C20H23NO5/c1-23-13-5-6-14(17(9-13)24-2)20(21-7-3-4-8-21)15-10-18-19(11-16(15)22)26-12-25-18/h5-6,9-11,20,22H,3-4,7-8,12H2,1-2H3/t20-/m1/s1. The van der Waals surface area contributed by atoms with E-state index in [1.54, 1.807) is 20.3 Å². The normalized spacial score (nSPS) is 17.3. The van der Waals surface area contributed by atoms with Gasteiger partial charge in [0.1, 0.15) is 17.2 Å². The van der Waals surface area contributed by atoms with Crippen molar-refractivity contribution in [2.75, 3.05) is 34.1 Å². The minimum absolute atomic E-state index is 0.132. The number of nitrogens with zero attached hydrogens (tertiary/aromatic N) is 1. The fourth-order valence-electron chi connectivity index (χ4n) is 3.77. The molecule has 1 fully saturated rings. The van der Waals surface area contributed by atoms with Crippen molar-refractivity contribution in [3.8, 4) is 28.7 Å². The summed E-state index contributed by atoms with van der Waals surface area (Å²) in [4.78, 5) is 2.36. The zero-order valence-corrected chi connectivity index (χ0v) is 15.0. The number of hydrogen-bond acceptors (Lipinski definition) is 6. The summed E-state index contributed by atoms with van der Waals surface area (Å²) in [6, 6.07) is 9.19. The van der Waals surface area contributed by atoms with Gasteiger partial charge in [-0.1, -0.05) is 0 Å². The zero-order chi connectivity index (χ0) is 18.1. The molecule has 0 amide bonds. The molecule has 0 spiro atoms. The second-order valence-corrected chi connectivity index (χ2v) is 6.52. The van der Waals surface area contributed by atoms with Crippen molar-refractivity contribution in [2.45, 2.75) is 18.9 Å². The molecule has 0 saturated carbocycles. The number of methoxy groups -OCH3 is 2. The second-order valence-electron chi connectivity index (χ2n) is 6.52. The summed E-state index contributed by atoms with van der Waals surface area (Å²) < 4.78 is 21.9. The van der Waals surface area contributed by atoms with Gasteiger partial charge < -0.3 is 24.1 Å². The van der Waals surface area contributed by atoms with Crippen LogP contribution in [0.3, 0.4) is 0 Å². The lowest BCUT2D eigenvalue weighted by molar-refractivity contribution is 0.173. The lowest BCUT2D eigenvalue weighted by Gasteiger charge is -2.30. The molecule has 2 aromatic carbocycles. The van der Waals surface area contributed by atoms with Gasteiger partial charge >= 0.3 is 0 Å². The van der Waals surface area contributed by atoms with E-state index in [2.05, 4.69) is 4.90 Å². The predicted octanol–water partition coefficient (Wildman–Crippen LogP) is 3.32. The fraction of sp³-hybridized carbons (Fsp3) is 0.400. The van der Waals surface area contributed by atoms with Crippen LogP contribution in [0, 0.1) is 0 Å². The van der Waals surface area contributed by atoms with Gasteiger partial charge in [0, 0.05) is 23.3 Å². The average molecular weight is 357 g/mol. The van der Waals surface area contributed by atoms with E-state index in [1.807, 2.05) is 24.3 Å². The number of fused-ring (bicyclic) bond motifs is 1. The smallest absolute Gasteiger partial charge is 0.231 e. The maximum atomic E-state index is 10.7. The molecular formula is C20H23NO5. The second kappa shape index (κ2) is 6.96. The van der Waals surface area contributed by atoms with Crippen molar-refractivity contribution < 1.29 is 24.1 Å². The third kappa shape index (κ3) is 2.90. The molecule has 1 N–H and O–H groups in total. The van der Waals surface area contributed by atoms with Crippen LogP contribution in [0.1, 0.15) is 30.0 Å². The molecule has 1 saturated heterocycles. The lowest BCUT2D eigenvalue weighted by atomic mass is 9.95. The van der Waals surface area contributed by atoms with Crippen LogP contribution in [-0.2, 0) is 0 Å². The average Bonchev–Trinajstić information content (AvgIpc) is 3.34. The Hall–Kier alpha value is -2.60. The minimum atomic E-state index is -0.132. The van der Waals surface area contributed by atoms with Crippen LogP contribution in [0.2, 0.25) is 0 Å². The van der Waals surface area contributed by atoms with E-state index in [-0.39, 0.29) is 18.6 Å². The van der Waals surface area contributed by atoms with Gasteiger partial charge in [0.05, 0.1) is 20.3 Å². The van der Waals surface area contributed by atoms with E-state index >= 15 is 0 Å². The first kappa shape index (κ1) is 16.8. The molecule has 2 heterocycles. The summed E-state index contributed by atoms with van der Waals surface area (Å²) in [7, 11) is 3.29. The summed E-state index contributed by atoms with van der Waals surface area (Å²) in [5, 5.41) is 10.7. The quantitative estimate of drug-likeness (QED) is 0.886. The lowest BCUT2D eigenvalue weighted by Crippen LogP contribution is -2.27. The first-order valence-electron chi connectivity index (χ1n) is 8.79. The molecule has 26 heavy (non-hydrogen) atoms. The van der Waals surface area contributed by atoms with Gasteiger partial charge in [-0.05, 0) is 44.1 Å². The van der Waals surface area contributed by atoms with Crippen LogP contribution in [0.5, 0.6) is 28.7 Å². The van der Waals surface area contributed by atoms with Crippen LogP contribution in [0.25, 0.3) is 0 Å². The number of ether oxygens (including phenoxy) is 4.